The van der Waals surface area contributed by atoms with Crippen molar-refractivity contribution in [2.45, 2.75) is 20.1 Å². The fourth-order valence-corrected chi connectivity index (χ4v) is 4.70. The maximum Gasteiger partial charge on any atom is 0.159 e. The van der Waals surface area contributed by atoms with Crippen LogP contribution >= 0.6 is 11.3 Å². The molecule has 4 N–H and O–H groups in total. The van der Waals surface area contributed by atoms with E-state index in [0.29, 0.717) is 5.82 Å². The highest BCUT2D eigenvalue weighted by atomic mass is 32.1. The molecule has 0 amide bonds. The Morgan fingerprint density at radius 2 is 1.94 bits per heavy atom. The molecule has 0 aliphatic rings. The van der Waals surface area contributed by atoms with Crippen LogP contribution < -0.4 is 5.32 Å². The molecule has 0 spiro atoms. The van der Waals surface area contributed by atoms with Crippen molar-refractivity contribution < 1.29 is 5.11 Å². The van der Waals surface area contributed by atoms with Gasteiger partial charge in [-0.3, -0.25) is 15.1 Å². The third-order valence-electron chi connectivity index (χ3n) is 6.00. The number of aromatic amines is 2. The number of para-hydroxylation sites is 1. The first-order chi connectivity index (χ1) is 17.1. The van der Waals surface area contributed by atoms with E-state index in [0.717, 1.165) is 55.7 Å². The number of aromatic nitrogens is 6. The van der Waals surface area contributed by atoms with Gasteiger partial charge in [0, 0.05) is 22.7 Å². The van der Waals surface area contributed by atoms with Gasteiger partial charge < -0.3 is 15.4 Å². The molecular formula is C26H23N7OS. The topological polar surface area (TPSA) is 115 Å². The molecule has 0 fully saturated rings. The molecule has 5 aromatic heterocycles. The Hall–Kier alpha value is -4.08. The zero-order chi connectivity index (χ0) is 23.9. The lowest BCUT2D eigenvalue weighted by molar-refractivity contribution is 0.153. The summed E-state index contributed by atoms with van der Waals surface area (Å²) in [5.41, 5.74) is 7.99. The van der Waals surface area contributed by atoms with Crippen LogP contribution in [0.5, 0.6) is 0 Å². The lowest BCUT2D eigenvalue weighted by Gasteiger charge is -2.17. The van der Waals surface area contributed by atoms with E-state index in [1.165, 1.54) is 0 Å². The molecule has 0 bridgehead atoms. The number of imidazole rings is 1. The number of hydrogen-bond acceptors (Lipinski definition) is 7. The maximum atomic E-state index is 10.2. The number of thiophene rings is 1. The predicted molar refractivity (Wildman–Crippen MR) is 140 cm³/mol. The summed E-state index contributed by atoms with van der Waals surface area (Å²) in [7, 11) is 0. The Balaban J connectivity index is 1.41. The monoisotopic (exact) mass is 481 g/mol. The summed E-state index contributed by atoms with van der Waals surface area (Å²) in [6.45, 7) is 3.90. The van der Waals surface area contributed by atoms with Gasteiger partial charge in [0.2, 0.25) is 0 Å². The number of rotatable bonds is 6. The highest BCUT2D eigenvalue weighted by molar-refractivity contribution is 7.08. The molecule has 1 aromatic carbocycles. The lowest BCUT2D eigenvalue weighted by Crippen LogP contribution is -2.24. The highest BCUT2D eigenvalue weighted by Crippen LogP contribution is 2.33. The number of hydrogen-bond donors (Lipinski definition) is 4. The van der Waals surface area contributed by atoms with Crippen LogP contribution in [0.2, 0.25) is 0 Å². The lowest BCUT2D eigenvalue weighted by atomic mass is 10.1. The molecule has 8 nitrogen and oxygen atoms in total. The first-order valence-corrected chi connectivity index (χ1v) is 12.3. The summed E-state index contributed by atoms with van der Waals surface area (Å²) in [5, 5.41) is 26.0. The minimum absolute atomic E-state index is 0.0747. The Bertz CT molecular complexity index is 1630. The number of nitrogens with one attached hydrogen (secondary N) is 3. The van der Waals surface area contributed by atoms with E-state index >= 15 is 0 Å². The number of aliphatic hydroxyl groups is 1. The summed E-state index contributed by atoms with van der Waals surface area (Å²) in [6.07, 6.45) is 4.56. The number of pyridine rings is 2. The molecule has 0 aliphatic carbocycles. The molecule has 1 atom stereocenters. The van der Waals surface area contributed by atoms with Gasteiger partial charge in [0.1, 0.15) is 11.9 Å². The fourth-order valence-electron chi connectivity index (χ4n) is 4.05. The first-order valence-electron chi connectivity index (χ1n) is 11.3. The quantitative estimate of drug-likeness (QED) is 0.228. The molecular weight excluding hydrogens is 458 g/mol. The number of benzene rings is 1. The van der Waals surface area contributed by atoms with Crippen LogP contribution in [0.15, 0.2) is 65.7 Å². The van der Waals surface area contributed by atoms with E-state index < -0.39 is 6.23 Å². The second-order valence-electron chi connectivity index (χ2n) is 8.78. The summed E-state index contributed by atoms with van der Waals surface area (Å²) in [6, 6.07) is 12.2. The third kappa shape index (κ3) is 3.94. The highest BCUT2D eigenvalue weighted by Gasteiger charge is 2.17. The molecule has 0 radical (unpaired) electrons. The summed E-state index contributed by atoms with van der Waals surface area (Å²) in [5.74, 6) is 0.769. The molecule has 5 heterocycles. The van der Waals surface area contributed by atoms with Crippen LogP contribution in [-0.4, -0.2) is 41.5 Å². The average Bonchev–Trinajstić information content (AvgIpc) is 3.62. The van der Waals surface area contributed by atoms with Crippen molar-refractivity contribution in [3.8, 4) is 33.9 Å². The van der Waals surface area contributed by atoms with Crippen molar-refractivity contribution in [1.82, 2.24) is 30.1 Å². The van der Waals surface area contributed by atoms with Gasteiger partial charge in [0.25, 0.3) is 0 Å². The molecule has 1 unspecified atom stereocenters. The second-order valence-corrected chi connectivity index (χ2v) is 9.56. The fraction of sp³-hybridized carbons (Fsp3) is 0.154. The predicted octanol–water partition coefficient (Wildman–Crippen LogP) is 5.68. The van der Waals surface area contributed by atoms with Crippen molar-refractivity contribution in [2.24, 2.45) is 5.92 Å². The van der Waals surface area contributed by atoms with E-state index in [1.807, 2.05) is 38.1 Å². The van der Waals surface area contributed by atoms with Crippen molar-refractivity contribution in [2.75, 3.05) is 5.32 Å². The van der Waals surface area contributed by atoms with Gasteiger partial charge in [-0.05, 0) is 46.5 Å². The van der Waals surface area contributed by atoms with Gasteiger partial charge in [0.05, 0.1) is 40.3 Å². The molecule has 6 rings (SSSR count). The molecule has 0 saturated heterocycles. The average molecular weight is 482 g/mol. The molecule has 174 valence electrons. The number of nitrogens with zero attached hydrogens (tertiary/aromatic N) is 4. The van der Waals surface area contributed by atoms with Crippen LogP contribution in [0.3, 0.4) is 0 Å². The smallest absolute Gasteiger partial charge is 0.159 e. The number of aliphatic hydroxyl groups excluding tert-OH is 1. The molecule has 35 heavy (non-hydrogen) atoms. The zero-order valence-electron chi connectivity index (χ0n) is 19.1. The van der Waals surface area contributed by atoms with E-state index in [9.17, 15) is 5.11 Å². The van der Waals surface area contributed by atoms with E-state index in [4.69, 9.17) is 4.98 Å². The Kier molecular flexibility index (Phi) is 5.28. The SMILES string of the molecule is CC(C)C(O)Nc1cncc(-c2cc3c(-c4nc5c(-c6ccsc6)cccc5[nH]4)n[nH]c3cn2)c1. The molecule has 9 heteroatoms. The zero-order valence-corrected chi connectivity index (χ0v) is 20.0. The van der Waals surface area contributed by atoms with Crippen molar-refractivity contribution >= 4 is 39.0 Å². The third-order valence-corrected chi connectivity index (χ3v) is 6.68. The minimum atomic E-state index is -0.657. The Morgan fingerprint density at radius 3 is 2.77 bits per heavy atom. The van der Waals surface area contributed by atoms with Crippen molar-refractivity contribution in [3.05, 3.63) is 65.7 Å². The number of fused-ring (bicyclic) bond motifs is 2. The summed E-state index contributed by atoms with van der Waals surface area (Å²) in [4.78, 5) is 17.3. The molecule has 0 aliphatic heterocycles. The van der Waals surface area contributed by atoms with Gasteiger partial charge >= 0.3 is 0 Å². The van der Waals surface area contributed by atoms with Crippen molar-refractivity contribution in [3.63, 3.8) is 0 Å². The first kappa shape index (κ1) is 21.5. The summed E-state index contributed by atoms with van der Waals surface area (Å²) < 4.78 is 0. The normalized spacial score (nSPS) is 12.6. The van der Waals surface area contributed by atoms with Crippen LogP contribution in [0, 0.1) is 5.92 Å². The van der Waals surface area contributed by atoms with Gasteiger partial charge in [0.15, 0.2) is 5.82 Å². The Morgan fingerprint density at radius 1 is 1.03 bits per heavy atom. The van der Waals surface area contributed by atoms with E-state index in [1.54, 1.807) is 29.9 Å². The van der Waals surface area contributed by atoms with Gasteiger partial charge in [-0.2, -0.15) is 16.4 Å². The van der Waals surface area contributed by atoms with Crippen LogP contribution in [0.4, 0.5) is 5.69 Å². The maximum absolute atomic E-state index is 10.2. The largest absolute Gasteiger partial charge is 0.374 e. The van der Waals surface area contributed by atoms with Gasteiger partial charge in [-0.15, -0.1) is 0 Å². The molecule has 6 aromatic rings. The minimum Gasteiger partial charge on any atom is -0.374 e. The van der Waals surface area contributed by atoms with Crippen LogP contribution in [-0.2, 0) is 0 Å². The number of anilines is 1. The van der Waals surface area contributed by atoms with E-state index in [-0.39, 0.29) is 5.92 Å². The molecule has 0 saturated carbocycles. The van der Waals surface area contributed by atoms with E-state index in [2.05, 4.69) is 53.4 Å². The Labute approximate surface area is 205 Å². The van der Waals surface area contributed by atoms with Crippen LogP contribution in [0.1, 0.15) is 13.8 Å². The summed E-state index contributed by atoms with van der Waals surface area (Å²) >= 11 is 1.67. The van der Waals surface area contributed by atoms with Gasteiger partial charge in [-0.1, -0.05) is 26.0 Å². The second kappa shape index (κ2) is 8.61. The van der Waals surface area contributed by atoms with Crippen LogP contribution in [0.25, 0.3) is 55.8 Å². The van der Waals surface area contributed by atoms with Gasteiger partial charge in [-0.25, -0.2) is 4.98 Å². The standard InChI is InChI=1S/C26H23N7OS/c1-14(2)26(34)29-17-8-16(10-27-11-17)21-9-19-22(12-28-21)32-33-24(19)25-30-20-5-3-4-18(23(20)31-25)15-6-7-35-13-15/h3-14,26,29,34H,1-2H3,(H,30,31)(H,32,33). The number of H-pyrrole nitrogens is 2. The van der Waals surface area contributed by atoms with Crippen molar-refractivity contribution in [1.29, 1.82) is 0 Å².